The number of halogens is 3. The van der Waals surface area contributed by atoms with E-state index >= 15 is 0 Å². The zero-order valence-electron chi connectivity index (χ0n) is 15.2. The lowest BCUT2D eigenvalue weighted by Crippen LogP contribution is -2.17. The molecule has 0 unspecified atom stereocenters. The van der Waals surface area contributed by atoms with E-state index in [0.717, 1.165) is 17.2 Å². The number of hydrogen-bond acceptors (Lipinski definition) is 3. The van der Waals surface area contributed by atoms with Gasteiger partial charge in [-0.15, -0.1) is 0 Å². The van der Waals surface area contributed by atoms with E-state index in [-0.39, 0.29) is 18.1 Å². The molecule has 0 spiro atoms. The van der Waals surface area contributed by atoms with Crippen molar-refractivity contribution >= 4 is 11.6 Å². The maximum atomic E-state index is 13.0. The molecular formula is C20H18F3N3O2. The number of aryl methyl sites for hydroxylation is 2. The van der Waals surface area contributed by atoms with Crippen molar-refractivity contribution in [3.63, 3.8) is 0 Å². The summed E-state index contributed by atoms with van der Waals surface area (Å²) in [6.07, 6.45) is -3.04. The SMILES string of the molecule is Cc1ccc(C)c(OCn2ccc(C(=O)Nc3ccccc3C(F)(F)F)n2)c1. The topological polar surface area (TPSA) is 56.1 Å². The Balaban J connectivity index is 1.69. The largest absolute Gasteiger partial charge is 0.471 e. The van der Waals surface area contributed by atoms with Crippen LogP contribution in [0.3, 0.4) is 0 Å². The molecule has 0 saturated heterocycles. The number of hydrogen-bond donors (Lipinski definition) is 1. The molecule has 146 valence electrons. The molecule has 2 aromatic carbocycles. The average Bonchev–Trinajstić information content (AvgIpc) is 3.11. The van der Waals surface area contributed by atoms with Crippen LogP contribution in [0.25, 0.3) is 0 Å². The number of rotatable bonds is 5. The van der Waals surface area contributed by atoms with Crippen LogP contribution in [0.2, 0.25) is 0 Å². The number of alkyl halides is 3. The van der Waals surface area contributed by atoms with Crippen molar-refractivity contribution in [3.05, 3.63) is 77.1 Å². The van der Waals surface area contributed by atoms with Crippen LogP contribution in [-0.4, -0.2) is 15.7 Å². The summed E-state index contributed by atoms with van der Waals surface area (Å²) in [5.74, 6) is -0.0391. The summed E-state index contributed by atoms with van der Waals surface area (Å²) in [5.41, 5.74) is 0.757. The molecule has 0 atom stereocenters. The molecule has 1 heterocycles. The van der Waals surface area contributed by atoms with E-state index in [2.05, 4.69) is 10.4 Å². The van der Waals surface area contributed by atoms with E-state index in [1.54, 1.807) is 0 Å². The normalized spacial score (nSPS) is 11.3. The van der Waals surface area contributed by atoms with Crippen LogP contribution in [0.5, 0.6) is 5.75 Å². The Morgan fingerprint density at radius 1 is 1.14 bits per heavy atom. The van der Waals surface area contributed by atoms with Crippen LogP contribution >= 0.6 is 0 Å². The Labute approximate surface area is 159 Å². The highest BCUT2D eigenvalue weighted by Gasteiger charge is 2.33. The zero-order chi connectivity index (χ0) is 20.3. The summed E-state index contributed by atoms with van der Waals surface area (Å²) >= 11 is 0. The van der Waals surface area contributed by atoms with E-state index in [9.17, 15) is 18.0 Å². The Hall–Kier alpha value is -3.29. The molecule has 0 aliphatic rings. The van der Waals surface area contributed by atoms with Crippen LogP contribution < -0.4 is 10.1 Å². The van der Waals surface area contributed by atoms with E-state index < -0.39 is 17.6 Å². The maximum Gasteiger partial charge on any atom is 0.418 e. The second-order valence-corrected chi connectivity index (χ2v) is 6.28. The van der Waals surface area contributed by atoms with Crippen molar-refractivity contribution < 1.29 is 22.7 Å². The first-order valence-corrected chi connectivity index (χ1v) is 8.45. The number of nitrogens with zero attached hydrogens (tertiary/aromatic N) is 2. The number of benzene rings is 2. The van der Waals surface area contributed by atoms with Gasteiger partial charge < -0.3 is 10.1 Å². The van der Waals surface area contributed by atoms with Gasteiger partial charge in [0.05, 0.1) is 11.3 Å². The first-order chi connectivity index (χ1) is 13.2. The number of carbonyl (C=O) groups excluding carboxylic acids is 1. The summed E-state index contributed by atoms with van der Waals surface area (Å²) in [4.78, 5) is 12.3. The fourth-order valence-corrected chi connectivity index (χ4v) is 2.58. The molecule has 1 N–H and O–H groups in total. The molecule has 5 nitrogen and oxygen atoms in total. The van der Waals surface area contributed by atoms with Gasteiger partial charge >= 0.3 is 6.18 Å². The highest BCUT2D eigenvalue weighted by molar-refractivity contribution is 6.03. The molecular weight excluding hydrogens is 371 g/mol. The number of para-hydroxylation sites is 1. The molecule has 0 fully saturated rings. The van der Waals surface area contributed by atoms with Crippen molar-refractivity contribution in [3.8, 4) is 5.75 Å². The highest BCUT2D eigenvalue weighted by Crippen LogP contribution is 2.34. The molecule has 1 amide bonds. The fourth-order valence-electron chi connectivity index (χ4n) is 2.58. The third-order valence-electron chi connectivity index (χ3n) is 4.05. The number of nitrogens with one attached hydrogen (secondary N) is 1. The monoisotopic (exact) mass is 389 g/mol. The summed E-state index contributed by atoms with van der Waals surface area (Å²) in [6, 6.07) is 12.0. The summed E-state index contributed by atoms with van der Waals surface area (Å²) < 4.78 is 46.2. The van der Waals surface area contributed by atoms with E-state index in [0.29, 0.717) is 5.75 Å². The van der Waals surface area contributed by atoms with Crippen molar-refractivity contribution in [2.24, 2.45) is 0 Å². The van der Waals surface area contributed by atoms with Gasteiger partial charge in [0, 0.05) is 6.20 Å². The number of ether oxygens (including phenoxy) is 1. The van der Waals surface area contributed by atoms with Crippen molar-refractivity contribution in [1.82, 2.24) is 9.78 Å². The first-order valence-electron chi connectivity index (χ1n) is 8.45. The molecule has 28 heavy (non-hydrogen) atoms. The van der Waals surface area contributed by atoms with Crippen molar-refractivity contribution in [2.75, 3.05) is 5.32 Å². The Bertz CT molecular complexity index is 996. The van der Waals surface area contributed by atoms with Crippen LogP contribution in [0, 0.1) is 13.8 Å². The van der Waals surface area contributed by atoms with Crippen molar-refractivity contribution in [2.45, 2.75) is 26.8 Å². The molecule has 0 aliphatic heterocycles. The first kappa shape index (κ1) is 19.5. The summed E-state index contributed by atoms with van der Waals surface area (Å²) in [7, 11) is 0. The average molecular weight is 389 g/mol. The minimum Gasteiger partial charge on any atom is -0.471 e. The quantitative estimate of drug-likeness (QED) is 0.682. The molecule has 0 radical (unpaired) electrons. The molecule has 0 aliphatic carbocycles. The minimum atomic E-state index is -4.57. The maximum absolute atomic E-state index is 13.0. The number of anilines is 1. The lowest BCUT2D eigenvalue weighted by molar-refractivity contribution is -0.136. The van der Waals surface area contributed by atoms with Gasteiger partial charge in [-0.05, 0) is 49.2 Å². The lowest BCUT2D eigenvalue weighted by atomic mass is 10.1. The second-order valence-electron chi connectivity index (χ2n) is 6.28. The van der Waals surface area contributed by atoms with Gasteiger partial charge in [0.15, 0.2) is 12.4 Å². The summed E-state index contributed by atoms with van der Waals surface area (Å²) in [5, 5.41) is 6.33. The summed E-state index contributed by atoms with van der Waals surface area (Å²) in [6.45, 7) is 3.92. The van der Waals surface area contributed by atoms with Crippen LogP contribution in [-0.2, 0) is 12.9 Å². The van der Waals surface area contributed by atoms with Gasteiger partial charge in [0.2, 0.25) is 0 Å². The Morgan fingerprint density at radius 2 is 1.89 bits per heavy atom. The fraction of sp³-hybridized carbons (Fsp3) is 0.200. The van der Waals surface area contributed by atoms with Crippen molar-refractivity contribution in [1.29, 1.82) is 0 Å². The predicted molar refractivity (Wildman–Crippen MR) is 98.2 cm³/mol. The standard InChI is InChI=1S/C20H18F3N3O2/c1-13-7-8-14(2)18(11-13)28-12-26-10-9-17(25-26)19(27)24-16-6-4-3-5-15(16)20(21,22)23/h3-11H,12H2,1-2H3,(H,24,27). The van der Waals surface area contributed by atoms with Gasteiger partial charge in [-0.3, -0.25) is 4.79 Å². The third kappa shape index (κ3) is 4.51. The molecule has 0 bridgehead atoms. The van der Waals surface area contributed by atoms with Gasteiger partial charge in [0.1, 0.15) is 5.75 Å². The third-order valence-corrected chi connectivity index (χ3v) is 4.05. The van der Waals surface area contributed by atoms with Crippen LogP contribution in [0.15, 0.2) is 54.7 Å². The smallest absolute Gasteiger partial charge is 0.418 e. The zero-order valence-corrected chi connectivity index (χ0v) is 15.2. The Kier molecular flexibility index (Phi) is 5.39. The second kappa shape index (κ2) is 7.75. The molecule has 8 heteroatoms. The van der Waals surface area contributed by atoms with Gasteiger partial charge in [-0.1, -0.05) is 24.3 Å². The minimum absolute atomic E-state index is 0.0125. The highest BCUT2D eigenvalue weighted by atomic mass is 19.4. The van der Waals surface area contributed by atoms with E-state index in [4.69, 9.17) is 4.74 Å². The van der Waals surface area contributed by atoms with Gasteiger partial charge in [-0.25, -0.2) is 4.68 Å². The number of aromatic nitrogens is 2. The van der Waals surface area contributed by atoms with Crippen LogP contribution in [0.4, 0.5) is 18.9 Å². The lowest BCUT2D eigenvalue weighted by Gasteiger charge is -2.12. The number of amides is 1. The van der Waals surface area contributed by atoms with E-state index in [1.165, 1.54) is 35.1 Å². The molecule has 1 aromatic heterocycles. The predicted octanol–water partition coefficient (Wildman–Crippen LogP) is 4.81. The molecule has 3 rings (SSSR count). The van der Waals surface area contributed by atoms with E-state index in [1.807, 2.05) is 32.0 Å². The van der Waals surface area contributed by atoms with Crippen LogP contribution in [0.1, 0.15) is 27.2 Å². The number of carbonyl (C=O) groups is 1. The van der Waals surface area contributed by atoms with Gasteiger partial charge in [-0.2, -0.15) is 18.3 Å². The van der Waals surface area contributed by atoms with Gasteiger partial charge in [0.25, 0.3) is 5.91 Å². The molecule has 0 saturated carbocycles. The molecule has 3 aromatic rings. The Morgan fingerprint density at radius 3 is 2.64 bits per heavy atom.